The van der Waals surface area contributed by atoms with E-state index in [2.05, 4.69) is 5.32 Å². The van der Waals surface area contributed by atoms with Crippen LogP contribution in [-0.2, 0) is 9.84 Å². The summed E-state index contributed by atoms with van der Waals surface area (Å²) in [5.74, 6) is -0.745. The largest absolute Gasteiger partial charge is 0.478 e. The van der Waals surface area contributed by atoms with Crippen LogP contribution >= 0.6 is 0 Å². The number of nitrogens with one attached hydrogen (secondary N) is 1. The minimum atomic E-state index is -3.40. The molecule has 0 saturated heterocycles. The smallest absolute Gasteiger partial charge is 0.336 e. The molecule has 5 nitrogen and oxygen atoms in total. The number of rotatable bonds is 5. The summed E-state index contributed by atoms with van der Waals surface area (Å²) >= 11 is 0. The van der Waals surface area contributed by atoms with Gasteiger partial charge in [-0.2, -0.15) is 0 Å². The van der Waals surface area contributed by atoms with Crippen molar-refractivity contribution in [2.75, 3.05) is 18.1 Å². The van der Waals surface area contributed by atoms with Gasteiger partial charge in [0.05, 0.1) is 16.1 Å². The van der Waals surface area contributed by atoms with E-state index in [0.717, 1.165) is 6.26 Å². The monoisotopic (exact) mass is 285 g/mol. The number of benzene rings is 1. The molecular weight excluding hydrogens is 266 g/mol. The van der Waals surface area contributed by atoms with Crippen molar-refractivity contribution in [2.45, 2.75) is 25.7 Å². The third kappa shape index (κ3) is 3.70. The van der Waals surface area contributed by atoms with Gasteiger partial charge in [0.25, 0.3) is 0 Å². The maximum absolute atomic E-state index is 11.7. The second kappa shape index (κ2) is 5.61. The fourth-order valence-electron chi connectivity index (χ4n) is 1.75. The summed E-state index contributed by atoms with van der Waals surface area (Å²) in [6.07, 6.45) is 1.11. The van der Waals surface area contributed by atoms with Crippen LogP contribution in [0.5, 0.6) is 0 Å². The molecule has 0 saturated carbocycles. The van der Waals surface area contributed by atoms with E-state index >= 15 is 0 Å². The summed E-state index contributed by atoms with van der Waals surface area (Å²) in [4.78, 5) is 11.2. The molecule has 106 valence electrons. The van der Waals surface area contributed by atoms with Crippen LogP contribution in [0.1, 0.15) is 29.8 Å². The predicted molar refractivity (Wildman–Crippen MR) is 74.6 cm³/mol. The summed E-state index contributed by atoms with van der Waals surface area (Å²) < 4.78 is 23.5. The molecule has 0 aliphatic heterocycles. The van der Waals surface area contributed by atoms with Gasteiger partial charge in [-0.25, -0.2) is 13.2 Å². The maximum atomic E-state index is 11.7. The third-order valence-corrected chi connectivity index (χ3v) is 3.88. The van der Waals surface area contributed by atoms with Gasteiger partial charge >= 0.3 is 5.97 Å². The second-order valence-electron chi connectivity index (χ2n) is 4.96. The first-order valence-electron chi connectivity index (χ1n) is 5.95. The molecule has 2 N–H and O–H groups in total. The molecule has 6 heteroatoms. The lowest BCUT2D eigenvalue weighted by Gasteiger charge is -2.17. The molecule has 19 heavy (non-hydrogen) atoms. The number of carboxylic acid groups (broad SMARTS) is 1. The zero-order chi connectivity index (χ0) is 14.8. The second-order valence-corrected chi connectivity index (χ2v) is 6.95. The number of hydrogen-bond donors (Lipinski definition) is 2. The molecule has 0 aromatic heterocycles. The highest BCUT2D eigenvalue weighted by atomic mass is 32.2. The van der Waals surface area contributed by atoms with Crippen LogP contribution in [-0.4, -0.2) is 32.3 Å². The highest BCUT2D eigenvalue weighted by Crippen LogP contribution is 2.28. The Bertz CT molecular complexity index is 591. The first-order valence-corrected chi connectivity index (χ1v) is 7.84. The minimum Gasteiger partial charge on any atom is -0.478 e. The molecular formula is C13H19NO4S. The van der Waals surface area contributed by atoms with Gasteiger partial charge in [-0.1, -0.05) is 13.8 Å². The molecule has 0 aliphatic rings. The predicted octanol–water partition coefficient (Wildman–Crippen LogP) is 2.16. The number of carbonyl (C=O) groups is 1. The Labute approximate surface area is 113 Å². The normalized spacial score (nSPS) is 11.6. The molecule has 0 heterocycles. The summed E-state index contributed by atoms with van der Waals surface area (Å²) in [7, 11) is -3.40. The lowest BCUT2D eigenvalue weighted by molar-refractivity contribution is 0.0696. The summed E-state index contributed by atoms with van der Waals surface area (Å²) in [5, 5.41) is 12.1. The van der Waals surface area contributed by atoms with Crippen molar-refractivity contribution in [3.63, 3.8) is 0 Å². The van der Waals surface area contributed by atoms with E-state index in [-0.39, 0.29) is 10.5 Å². The first-order chi connectivity index (χ1) is 8.64. The number of anilines is 1. The average Bonchev–Trinajstić information content (AvgIpc) is 2.24. The van der Waals surface area contributed by atoms with Crippen molar-refractivity contribution >= 4 is 21.5 Å². The van der Waals surface area contributed by atoms with Crippen LogP contribution in [0.4, 0.5) is 5.69 Å². The molecule has 0 amide bonds. The molecule has 0 atom stereocenters. The van der Waals surface area contributed by atoms with Crippen molar-refractivity contribution in [2.24, 2.45) is 5.92 Å². The molecule has 1 aromatic rings. The van der Waals surface area contributed by atoms with Gasteiger partial charge in [-0.05, 0) is 30.5 Å². The zero-order valence-corrected chi connectivity index (χ0v) is 12.3. The first kappa shape index (κ1) is 15.5. The van der Waals surface area contributed by atoms with Crippen molar-refractivity contribution in [1.82, 2.24) is 0 Å². The van der Waals surface area contributed by atoms with Gasteiger partial charge in [0, 0.05) is 12.8 Å². The van der Waals surface area contributed by atoms with E-state index in [9.17, 15) is 13.2 Å². The Morgan fingerprint density at radius 1 is 1.37 bits per heavy atom. The number of aromatic carboxylic acids is 1. The van der Waals surface area contributed by atoms with Crippen molar-refractivity contribution in [3.05, 3.63) is 23.3 Å². The van der Waals surface area contributed by atoms with Crippen LogP contribution in [0.15, 0.2) is 17.0 Å². The molecule has 0 bridgehead atoms. The van der Waals surface area contributed by atoms with Crippen LogP contribution in [0.2, 0.25) is 0 Å². The average molecular weight is 285 g/mol. The number of sulfone groups is 1. The van der Waals surface area contributed by atoms with E-state index in [4.69, 9.17) is 5.11 Å². The lowest BCUT2D eigenvalue weighted by atomic mass is 10.1. The third-order valence-electron chi connectivity index (χ3n) is 2.74. The summed E-state index contributed by atoms with van der Waals surface area (Å²) in [6.45, 7) is 6.17. The SMILES string of the molecule is Cc1c(C(=O)O)ccc(S(C)(=O)=O)c1NCC(C)C. The Morgan fingerprint density at radius 2 is 1.95 bits per heavy atom. The van der Waals surface area contributed by atoms with E-state index in [1.54, 1.807) is 6.92 Å². The fraction of sp³-hybridized carbons (Fsp3) is 0.462. The van der Waals surface area contributed by atoms with Crippen LogP contribution < -0.4 is 5.32 Å². The van der Waals surface area contributed by atoms with Crippen LogP contribution in [0.3, 0.4) is 0 Å². The van der Waals surface area contributed by atoms with Gasteiger partial charge < -0.3 is 10.4 Å². The Morgan fingerprint density at radius 3 is 2.37 bits per heavy atom. The van der Waals surface area contributed by atoms with Crippen LogP contribution in [0.25, 0.3) is 0 Å². The maximum Gasteiger partial charge on any atom is 0.336 e. The van der Waals surface area contributed by atoms with Crippen molar-refractivity contribution in [1.29, 1.82) is 0 Å². The minimum absolute atomic E-state index is 0.110. The highest BCUT2D eigenvalue weighted by Gasteiger charge is 2.20. The molecule has 0 unspecified atom stereocenters. The zero-order valence-electron chi connectivity index (χ0n) is 11.5. The molecule has 0 aliphatic carbocycles. The van der Waals surface area contributed by atoms with Crippen molar-refractivity contribution in [3.8, 4) is 0 Å². The number of carboxylic acids is 1. The van der Waals surface area contributed by atoms with E-state index in [1.165, 1.54) is 12.1 Å². The van der Waals surface area contributed by atoms with Gasteiger partial charge in [0.1, 0.15) is 0 Å². The summed E-state index contributed by atoms with van der Waals surface area (Å²) in [6, 6.07) is 2.67. The van der Waals surface area contributed by atoms with Gasteiger partial charge in [-0.15, -0.1) is 0 Å². The highest BCUT2D eigenvalue weighted by molar-refractivity contribution is 7.90. The Hall–Kier alpha value is -1.56. The Balaban J connectivity index is 3.42. The fourth-order valence-corrected chi connectivity index (χ4v) is 2.66. The van der Waals surface area contributed by atoms with Crippen molar-refractivity contribution < 1.29 is 18.3 Å². The molecule has 1 aromatic carbocycles. The molecule has 1 rings (SSSR count). The van der Waals surface area contributed by atoms with Gasteiger partial charge in [0.2, 0.25) is 0 Å². The molecule has 0 spiro atoms. The van der Waals surface area contributed by atoms with Gasteiger partial charge in [-0.3, -0.25) is 0 Å². The van der Waals surface area contributed by atoms with E-state index < -0.39 is 15.8 Å². The number of hydrogen-bond acceptors (Lipinski definition) is 4. The van der Waals surface area contributed by atoms with Gasteiger partial charge in [0.15, 0.2) is 9.84 Å². The summed E-state index contributed by atoms with van der Waals surface area (Å²) in [5.41, 5.74) is 0.936. The molecule has 0 fully saturated rings. The topological polar surface area (TPSA) is 83.5 Å². The molecule has 0 radical (unpaired) electrons. The Kier molecular flexibility index (Phi) is 4.57. The quantitative estimate of drug-likeness (QED) is 0.866. The van der Waals surface area contributed by atoms with E-state index in [0.29, 0.717) is 23.7 Å². The van der Waals surface area contributed by atoms with E-state index in [1.807, 2.05) is 13.8 Å². The lowest BCUT2D eigenvalue weighted by Crippen LogP contribution is -2.14. The van der Waals surface area contributed by atoms with Crippen LogP contribution in [0, 0.1) is 12.8 Å². The standard InChI is InChI=1S/C13H19NO4S/c1-8(2)7-14-12-9(3)10(13(15)16)5-6-11(12)19(4,17)18/h5-6,8,14H,7H2,1-4H3,(H,15,16).